The van der Waals surface area contributed by atoms with Crippen LogP contribution in [0, 0.1) is 0 Å². The molecule has 6 heteroatoms. The van der Waals surface area contributed by atoms with E-state index in [1.807, 2.05) is 0 Å². The fourth-order valence-electron chi connectivity index (χ4n) is 8.56. The van der Waals surface area contributed by atoms with Gasteiger partial charge in [0, 0.05) is 19.3 Å². The summed E-state index contributed by atoms with van der Waals surface area (Å²) in [7, 11) is 0. The lowest BCUT2D eigenvalue weighted by Gasteiger charge is -2.18. The van der Waals surface area contributed by atoms with Crippen molar-refractivity contribution in [1.82, 2.24) is 0 Å². The Bertz CT molecular complexity index is 1190. The number of rotatable bonds is 54. The molecule has 0 aromatic rings. The quantitative estimate of drug-likeness (QED) is 0.0262. The van der Waals surface area contributed by atoms with Crippen molar-refractivity contribution >= 4 is 17.9 Å². The van der Waals surface area contributed by atoms with E-state index in [1.54, 1.807) is 0 Å². The number of allylic oxidation sites excluding steroid dienone is 8. The van der Waals surface area contributed by atoms with Crippen LogP contribution in [0.25, 0.3) is 0 Å². The zero-order chi connectivity index (χ0) is 49.3. The number of carbonyl (C=O) groups is 3. The first-order chi connectivity index (χ1) is 33.5. The van der Waals surface area contributed by atoms with Crippen LogP contribution >= 0.6 is 0 Å². The minimum atomic E-state index is -0.772. The monoisotopic (exact) mass is 953 g/mol. The van der Waals surface area contributed by atoms with Crippen molar-refractivity contribution in [3.8, 4) is 0 Å². The van der Waals surface area contributed by atoms with E-state index in [4.69, 9.17) is 14.2 Å². The van der Waals surface area contributed by atoms with Crippen molar-refractivity contribution in [2.45, 2.75) is 316 Å². The summed E-state index contributed by atoms with van der Waals surface area (Å²) in [6.45, 7) is 6.58. The molecule has 6 nitrogen and oxygen atoms in total. The Balaban J connectivity index is 4.03. The lowest BCUT2D eigenvalue weighted by molar-refractivity contribution is -0.167. The standard InChI is InChI=1S/C62H112O6/c1-4-7-10-13-16-18-20-22-24-25-26-27-28-29-30-31-32-33-34-35-36-37-39-40-42-44-46-49-52-55-61(64)67-58-59(57-66-60(63)54-51-48-15-12-9-6-3)68-62(65)56-53-50-47-45-43-41-38-23-21-19-17-14-11-8-5-2/h20,22-23,25-26,28-29,38,59H,4-19,21,24,27,30-37,39-58H2,1-3H3/b22-20-,26-25-,29-28-,38-23-. The van der Waals surface area contributed by atoms with E-state index in [2.05, 4.69) is 69.4 Å². The van der Waals surface area contributed by atoms with Gasteiger partial charge in [-0.25, -0.2) is 0 Å². The predicted molar refractivity (Wildman–Crippen MR) is 293 cm³/mol. The van der Waals surface area contributed by atoms with E-state index in [0.717, 1.165) is 77.0 Å². The Kier molecular flexibility index (Phi) is 54.8. The molecule has 0 aromatic carbocycles. The molecule has 0 heterocycles. The molecule has 0 bridgehead atoms. The molecule has 0 spiro atoms. The third-order valence-corrected chi connectivity index (χ3v) is 13.1. The van der Waals surface area contributed by atoms with Gasteiger partial charge in [-0.2, -0.15) is 0 Å². The van der Waals surface area contributed by atoms with Gasteiger partial charge in [-0.05, 0) is 83.5 Å². The van der Waals surface area contributed by atoms with Crippen molar-refractivity contribution in [1.29, 1.82) is 0 Å². The molecule has 0 saturated heterocycles. The molecule has 0 rings (SSSR count). The van der Waals surface area contributed by atoms with Crippen LogP contribution in [0.2, 0.25) is 0 Å². The number of hydrogen-bond acceptors (Lipinski definition) is 6. The fraction of sp³-hybridized carbons (Fsp3) is 0.823. The van der Waals surface area contributed by atoms with Gasteiger partial charge in [0.1, 0.15) is 13.2 Å². The molecule has 0 aromatic heterocycles. The number of esters is 3. The summed E-state index contributed by atoms with van der Waals surface area (Å²) in [5.74, 6) is -0.881. The summed E-state index contributed by atoms with van der Waals surface area (Å²) in [5.41, 5.74) is 0. The molecule has 0 fully saturated rings. The number of carbonyl (C=O) groups excluding carboxylic acids is 3. The maximum atomic E-state index is 12.8. The van der Waals surface area contributed by atoms with Gasteiger partial charge in [0.25, 0.3) is 0 Å². The highest BCUT2D eigenvalue weighted by atomic mass is 16.6. The van der Waals surface area contributed by atoms with Crippen LogP contribution in [-0.4, -0.2) is 37.2 Å². The van der Waals surface area contributed by atoms with Crippen molar-refractivity contribution in [3.63, 3.8) is 0 Å². The topological polar surface area (TPSA) is 78.9 Å². The second-order valence-electron chi connectivity index (χ2n) is 19.9. The molecule has 0 aliphatic heterocycles. The third-order valence-electron chi connectivity index (χ3n) is 13.1. The SMILES string of the molecule is CCCCCCC/C=C\C/C=C\C/C=C\CCCCCCCCCCCCCCCCC(=O)OCC(COC(=O)CCCCCCCC)OC(=O)CCCCCCC/C=C\CCCCCCCC. The summed E-state index contributed by atoms with van der Waals surface area (Å²) in [6, 6.07) is 0. The molecule has 0 aliphatic rings. The second kappa shape index (κ2) is 57.0. The third kappa shape index (κ3) is 54.3. The summed E-state index contributed by atoms with van der Waals surface area (Å²) in [5, 5.41) is 0. The Labute approximate surface area is 422 Å². The van der Waals surface area contributed by atoms with Gasteiger partial charge in [-0.15, -0.1) is 0 Å². The van der Waals surface area contributed by atoms with Gasteiger partial charge >= 0.3 is 17.9 Å². The van der Waals surface area contributed by atoms with Crippen LogP contribution in [-0.2, 0) is 28.6 Å². The molecule has 0 amide bonds. The first-order valence-electron chi connectivity index (χ1n) is 29.6. The van der Waals surface area contributed by atoms with Crippen molar-refractivity contribution in [2.75, 3.05) is 13.2 Å². The average Bonchev–Trinajstić information content (AvgIpc) is 3.34. The highest BCUT2D eigenvalue weighted by Crippen LogP contribution is 2.16. The van der Waals surface area contributed by atoms with Crippen LogP contribution in [0.5, 0.6) is 0 Å². The van der Waals surface area contributed by atoms with E-state index in [0.29, 0.717) is 19.3 Å². The number of unbranched alkanes of at least 4 members (excludes halogenated alkanes) is 35. The van der Waals surface area contributed by atoms with E-state index >= 15 is 0 Å². The number of hydrogen-bond donors (Lipinski definition) is 0. The van der Waals surface area contributed by atoms with E-state index in [-0.39, 0.29) is 31.1 Å². The van der Waals surface area contributed by atoms with E-state index in [1.165, 1.54) is 193 Å². The molecule has 0 radical (unpaired) electrons. The first-order valence-corrected chi connectivity index (χ1v) is 29.6. The molecular formula is C62H112O6. The van der Waals surface area contributed by atoms with Gasteiger partial charge in [0.05, 0.1) is 0 Å². The molecule has 396 valence electrons. The minimum absolute atomic E-state index is 0.0743. The maximum absolute atomic E-state index is 12.8. The van der Waals surface area contributed by atoms with Crippen molar-refractivity contribution in [3.05, 3.63) is 48.6 Å². The molecule has 0 N–H and O–H groups in total. The van der Waals surface area contributed by atoms with E-state index in [9.17, 15) is 14.4 Å². The Morgan fingerprint density at radius 2 is 0.529 bits per heavy atom. The van der Waals surface area contributed by atoms with Crippen LogP contribution in [0.4, 0.5) is 0 Å². The Hall–Kier alpha value is -2.63. The molecule has 1 atom stereocenters. The first kappa shape index (κ1) is 65.4. The van der Waals surface area contributed by atoms with E-state index < -0.39 is 6.10 Å². The minimum Gasteiger partial charge on any atom is -0.462 e. The van der Waals surface area contributed by atoms with Gasteiger partial charge < -0.3 is 14.2 Å². The van der Waals surface area contributed by atoms with Crippen molar-refractivity contribution < 1.29 is 28.6 Å². The Morgan fingerprint density at radius 1 is 0.294 bits per heavy atom. The van der Waals surface area contributed by atoms with Crippen molar-refractivity contribution in [2.24, 2.45) is 0 Å². The van der Waals surface area contributed by atoms with Crippen LogP contribution in [0.15, 0.2) is 48.6 Å². The molecule has 68 heavy (non-hydrogen) atoms. The summed E-state index contributed by atoms with van der Waals surface area (Å²) < 4.78 is 16.7. The fourth-order valence-corrected chi connectivity index (χ4v) is 8.56. The molecule has 0 saturated carbocycles. The normalized spacial score (nSPS) is 12.3. The van der Waals surface area contributed by atoms with Gasteiger partial charge in [0.15, 0.2) is 6.10 Å². The molecular weight excluding hydrogens is 841 g/mol. The van der Waals surface area contributed by atoms with Crippen LogP contribution in [0.1, 0.15) is 310 Å². The van der Waals surface area contributed by atoms with Crippen LogP contribution < -0.4 is 0 Å². The predicted octanol–water partition coefficient (Wildman–Crippen LogP) is 19.8. The zero-order valence-electron chi connectivity index (χ0n) is 45.4. The maximum Gasteiger partial charge on any atom is 0.306 e. The highest BCUT2D eigenvalue weighted by Gasteiger charge is 2.19. The smallest absolute Gasteiger partial charge is 0.306 e. The Morgan fingerprint density at radius 3 is 0.838 bits per heavy atom. The lowest BCUT2D eigenvalue weighted by Crippen LogP contribution is -2.30. The molecule has 0 aliphatic carbocycles. The van der Waals surface area contributed by atoms with Gasteiger partial charge in [-0.1, -0.05) is 256 Å². The van der Waals surface area contributed by atoms with Gasteiger partial charge in [-0.3, -0.25) is 14.4 Å². The molecule has 1 unspecified atom stereocenters. The number of ether oxygens (including phenoxy) is 3. The van der Waals surface area contributed by atoms with Gasteiger partial charge in [0.2, 0.25) is 0 Å². The largest absolute Gasteiger partial charge is 0.462 e. The average molecular weight is 954 g/mol. The summed E-state index contributed by atoms with van der Waals surface area (Å²) >= 11 is 0. The summed E-state index contributed by atoms with van der Waals surface area (Å²) in [6.07, 6.45) is 70.0. The summed E-state index contributed by atoms with van der Waals surface area (Å²) in [4.78, 5) is 37.8. The zero-order valence-corrected chi connectivity index (χ0v) is 45.4. The highest BCUT2D eigenvalue weighted by molar-refractivity contribution is 5.71. The second-order valence-corrected chi connectivity index (χ2v) is 19.9. The lowest BCUT2D eigenvalue weighted by atomic mass is 10.0. The van der Waals surface area contributed by atoms with Crippen LogP contribution in [0.3, 0.4) is 0 Å².